The maximum atomic E-state index is 11.3. The highest BCUT2D eigenvalue weighted by Gasteiger charge is 2.57. The van der Waals surface area contributed by atoms with Crippen molar-refractivity contribution in [2.75, 3.05) is 0 Å². The molecule has 178 valence electrons. The van der Waals surface area contributed by atoms with Crippen molar-refractivity contribution < 1.29 is 4.79 Å². The molecule has 3 rings (SSSR count). The molecule has 3 saturated carbocycles. The maximum Gasteiger partial charge on any atom is 0.142 e. The van der Waals surface area contributed by atoms with Crippen molar-refractivity contribution in [1.29, 1.82) is 0 Å². The molecule has 0 amide bonds. The second-order valence-corrected chi connectivity index (χ2v) is 9.88. The van der Waals surface area contributed by atoms with Crippen molar-refractivity contribution >= 4 is 6.29 Å². The van der Waals surface area contributed by atoms with Gasteiger partial charge in [-0.15, -0.1) is 0 Å². The first-order chi connectivity index (χ1) is 14.6. The smallest absolute Gasteiger partial charge is 0.142 e. The molecule has 0 aromatic rings. The lowest BCUT2D eigenvalue weighted by molar-refractivity contribution is -0.104. The zero-order chi connectivity index (χ0) is 22.2. The summed E-state index contributed by atoms with van der Waals surface area (Å²) >= 11 is 0. The summed E-state index contributed by atoms with van der Waals surface area (Å²) < 4.78 is 0. The van der Waals surface area contributed by atoms with E-state index >= 15 is 0 Å². The van der Waals surface area contributed by atoms with Gasteiger partial charge < -0.3 is 0 Å². The Labute approximate surface area is 194 Å². The lowest BCUT2D eigenvalue weighted by Gasteiger charge is -2.57. The molecule has 0 bridgehead atoms. The Morgan fingerprint density at radius 3 is 2.42 bits per heavy atom. The van der Waals surface area contributed by atoms with Crippen LogP contribution in [0.5, 0.6) is 0 Å². The van der Waals surface area contributed by atoms with E-state index in [0.717, 1.165) is 24.5 Å². The van der Waals surface area contributed by atoms with Crippen molar-refractivity contribution in [1.82, 2.24) is 0 Å². The van der Waals surface area contributed by atoms with Gasteiger partial charge in [0.05, 0.1) is 0 Å². The third-order valence-corrected chi connectivity index (χ3v) is 8.81. The average Bonchev–Trinajstić information content (AvgIpc) is 3.20. The van der Waals surface area contributed by atoms with Crippen LogP contribution < -0.4 is 0 Å². The molecule has 0 heterocycles. The summed E-state index contributed by atoms with van der Waals surface area (Å²) in [5.74, 6) is 2.39. The van der Waals surface area contributed by atoms with Crippen molar-refractivity contribution in [2.24, 2.45) is 28.6 Å². The standard InChI is InChI=1S/C27H42O.C2H6.CH4/c1-5-8-9-11-21(7-3)27-18-10-12-25(27)23-14-13-22(16-20-28)26(4,17-6-2)24(23)15-19-27;1-2;/h6-7,16-17,20,23-25H,5,8-15,18-19H2,1-4H3;1-2H3;1H4/b17-6-,21-7?,22-16-;;. The summed E-state index contributed by atoms with van der Waals surface area (Å²) in [7, 11) is 0. The van der Waals surface area contributed by atoms with E-state index in [1.54, 1.807) is 5.57 Å². The van der Waals surface area contributed by atoms with Gasteiger partial charge in [-0.2, -0.15) is 0 Å². The highest BCUT2D eigenvalue weighted by Crippen LogP contribution is 2.66. The molecular formula is C30H52O. The summed E-state index contributed by atoms with van der Waals surface area (Å²) in [4.78, 5) is 11.3. The van der Waals surface area contributed by atoms with Crippen LogP contribution in [0.1, 0.15) is 120 Å². The average molecular weight is 429 g/mol. The van der Waals surface area contributed by atoms with Gasteiger partial charge in [-0.3, -0.25) is 4.79 Å². The minimum Gasteiger partial charge on any atom is -0.299 e. The number of hydrogen-bond acceptors (Lipinski definition) is 1. The van der Waals surface area contributed by atoms with Crippen LogP contribution in [0, 0.1) is 28.6 Å². The van der Waals surface area contributed by atoms with Gasteiger partial charge in [-0.25, -0.2) is 0 Å². The topological polar surface area (TPSA) is 17.1 Å². The largest absolute Gasteiger partial charge is 0.299 e. The van der Waals surface area contributed by atoms with E-state index in [0.29, 0.717) is 11.3 Å². The van der Waals surface area contributed by atoms with Crippen LogP contribution in [0.4, 0.5) is 0 Å². The lowest BCUT2D eigenvalue weighted by atomic mass is 9.47. The molecule has 1 heteroatoms. The van der Waals surface area contributed by atoms with Gasteiger partial charge >= 0.3 is 0 Å². The molecule has 1 nitrogen and oxygen atoms in total. The molecule has 31 heavy (non-hydrogen) atoms. The van der Waals surface area contributed by atoms with Gasteiger partial charge in [-0.05, 0) is 94.5 Å². The van der Waals surface area contributed by atoms with Gasteiger partial charge in [0.2, 0.25) is 0 Å². The molecule has 3 fully saturated rings. The molecule has 0 N–H and O–H groups in total. The van der Waals surface area contributed by atoms with Crippen LogP contribution in [-0.2, 0) is 4.79 Å². The van der Waals surface area contributed by atoms with Crippen LogP contribution in [0.2, 0.25) is 0 Å². The Morgan fingerprint density at radius 1 is 1.06 bits per heavy atom. The van der Waals surface area contributed by atoms with Gasteiger partial charge in [0.25, 0.3) is 0 Å². The highest BCUT2D eigenvalue weighted by molar-refractivity contribution is 5.67. The number of rotatable bonds is 7. The molecule has 0 aliphatic heterocycles. The first-order valence-electron chi connectivity index (χ1n) is 13.0. The monoisotopic (exact) mass is 428 g/mol. The van der Waals surface area contributed by atoms with Crippen LogP contribution in [0.15, 0.2) is 35.5 Å². The number of carbonyl (C=O) groups excluding carboxylic acids is 1. The number of aldehydes is 1. The number of unbranched alkanes of at least 4 members (excludes halogenated alkanes) is 2. The van der Waals surface area contributed by atoms with Gasteiger partial charge in [0.1, 0.15) is 6.29 Å². The molecule has 0 aromatic heterocycles. The fourth-order valence-electron chi connectivity index (χ4n) is 7.64. The van der Waals surface area contributed by atoms with Crippen LogP contribution >= 0.6 is 0 Å². The molecule has 5 atom stereocenters. The Morgan fingerprint density at radius 2 is 1.81 bits per heavy atom. The maximum absolute atomic E-state index is 11.3. The third-order valence-electron chi connectivity index (χ3n) is 8.81. The number of allylic oxidation sites excluding steroid dienone is 6. The zero-order valence-electron chi connectivity index (χ0n) is 20.8. The van der Waals surface area contributed by atoms with E-state index in [-0.39, 0.29) is 12.8 Å². The summed E-state index contributed by atoms with van der Waals surface area (Å²) in [6, 6.07) is 0. The zero-order valence-corrected chi connectivity index (χ0v) is 20.8. The molecule has 0 saturated heterocycles. The molecule has 3 aliphatic rings. The number of carbonyl (C=O) groups is 1. The predicted octanol–water partition coefficient (Wildman–Crippen LogP) is 9.49. The van der Waals surface area contributed by atoms with Crippen LogP contribution in [-0.4, -0.2) is 6.29 Å². The Bertz CT molecular complexity index is 639. The van der Waals surface area contributed by atoms with E-state index in [1.807, 2.05) is 19.9 Å². The second-order valence-electron chi connectivity index (χ2n) is 9.88. The van der Waals surface area contributed by atoms with Gasteiger partial charge in [0.15, 0.2) is 0 Å². The molecule has 5 unspecified atom stereocenters. The van der Waals surface area contributed by atoms with Crippen molar-refractivity contribution in [3.05, 3.63) is 35.5 Å². The minimum absolute atomic E-state index is 0. The lowest BCUT2D eigenvalue weighted by Crippen LogP contribution is -2.49. The fraction of sp³-hybridized carbons (Fsp3) is 0.767. The van der Waals surface area contributed by atoms with E-state index in [9.17, 15) is 4.79 Å². The van der Waals surface area contributed by atoms with E-state index in [2.05, 4.69) is 45.9 Å². The first kappa shape index (κ1) is 27.9. The molecule has 0 aromatic carbocycles. The van der Waals surface area contributed by atoms with Gasteiger partial charge in [-0.1, -0.05) is 83.8 Å². The number of hydrogen-bond donors (Lipinski definition) is 0. The Hall–Kier alpha value is -1.11. The number of fused-ring (bicyclic) bond motifs is 3. The summed E-state index contributed by atoms with van der Waals surface area (Å²) in [6.07, 6.45) is 24.7. The molecular weight excluding hydrogens is 376 g/mol. The highest BCUT2D eigenvalue weighted by atomic mass is 16.1. The summed E-state index contributed by atoms with van der Waals surface area (Å²) in [6.45, 7) is 13.2. The fourth-order valence-corrected chi connectivity index (χ4v) is 7.64. The van der Waals surface area contributed by atoms with E-state index in [4.69, 9.17) is 0 Å². The first-order valence-corrected chi connectivity index (χ1v) is 13.0. The quantitative estimate of drug-likeness (QED) is 0.171. The SMILES string of the molecule is C.CC.CC=C(CCCCC)C12CCCC1C1CC/C(=C/C=O)C(C)(/C=C\C)C1CC2. The molecule has 3 aliphatic carbocycles. The van der Waals surface area contributed by atoms with Crippen molar-refractivity contribution in [3.63, 3.8) is 0 Å². The normalized spacial score (nSPS) is 36.3. The molecule has 0 spiro atoms. The molecule has 0 radical (unpaired) electrons. The Balaban J connectivity index is 0.00000156. The predicted molar refractivity (Wildman–Crippen MR) is 138 cm³/mol. The second kappa shape index (κ2) is 12.8. The van der Waals surface area contributed by atoms with Crippen molar-refractivity contribution in [3.8, 4) is 0 Å². The van der Waals surface area contributed by atoms with Crippen LogP contribution in [0.3, 0.4) is 0 Å². The minimum atomic E-state index is 0. The summed E-state index contributed by atoms with van der Waals surface area (Å²) in [5, 5.41) is 0. The summed E-state index contributed by atoms with van der Waals surface area (Å²) in [5.41, 5.74) is 3.74. The van der Waals surface area contributed by atoms with E-state index in [1.165, 1.54) is 69.8 Å². The third kappa shape index (κ3) is 5.28. The Kier molecular flexibility index (Phi) is 11.5. The van der Waals surface area contributed by atoms with E-state index < -0.39 is 0 Å². The van der Waals surface area contributed by atoms with Crippen molar-refractivity contribution in [2.45, 2.75) is 120 Å². The van der Waals surface area contributed by atoms with Gasteiger partial charge in [0, 0.05) is 5.41 Å². The van der Waals surface area contributed by atoms with Crippen LogP contribution in [0.25, 0.3) is 0 Å².